The number of rotatable bonds is 4. The molecule has 2 aromatic heterocycles. The first-order chi connectivity index (χ1) is 12.3. The van der Waals surface area contributed by atoms with E-state index < -0.39 is 12.1 Å². The van der Waals surface area contributed by atoms with Crippen LogP contribution in [0.3, 0.4) is 0 Å². The Kier molecular flexibility index (Phi) is 4.75. The van der Waals surface area contributed by atoms with Gasteiger partial charge < -0.3 is 20.2 Å². The number of hydrogen-bond acceptors (Lipinski definition) is 5. The molecule has 1 unspecified atom stereocenters. The fraction of sp³-hybridized carbons (Fsp3) is 0.278. The van der Waals surface area contributed by atoms with Crippen LogP contribution in [0.4, 0.5) is 14.9 Å². The van der Waals surface area contributed by atoms with Crippen molar-refractivity contribution in [2.24, 2.45) is 5.92 Å². The topological polar surface area (TPSA) is 100 Å². The van der Waals surface area contributed by atoms with Crippen LogP contribution in [0, 0.1) is 18.7 Å². The second-order valence-corrected chi connectivity index (χ2v) is 6.32. The minimum Gasteiger partial charge on any atom is -0.479 e. The molecular formula is C18H19FN4O3. The van der Waals surface area contributed by atoms with Crippen molar-refractivity contribution in [3.05, 3.63) is 47.7 Å². The van der Waals surface area contributed by atoms with Crippen LogP contribution in [0.1, 0.15) is 31.2 Å². The van der Waals surface area contributed by atoms with E-state index in [0.29, 0.717) is 22.4 Å². The Morgan fingerprint density at radius 3 is 2.62 bits per heavy atom. The van der Waals surface area contributed by atoms with Gasteiger partial charge in [0.2, 0.25) is 0 Å². The highest BCUT2D eigenvalue weighted by Gasteiger charge is 2.25. The summed E-state index contributed by atoms with van der Waals surface area (Å²) in [5.41, 5.74) is 1.69. The Bertz CT molecular complexity index is 938. The summed E-state index contributed by atoms with van der Waals surface area (Å²) in [6, 6.07) is 3.08. The van der Waals surface area contributed by atoms with Crippen molar-refractivity contribution in [2.45, 2.75) is 26.8 Å². The third-order valence-corrected chi connectivity index (χ3v) is 4.07. The van der Waals surface area contributed by atoms with E-state index in [-0.39, 0.29) is 17.7 Å². The van der Waals surface area contributed by atoms with Gasteiger partial charge in [-0.2, -0.15) is 0 Å². The molecule has 2 heterocycles. The molecule has 0 saturated carbocycles. The smallest absolute Gasteiger partial charge is 0.319 e. The number of carbonyl (C=O) groups is 1. The van der Waals surface area contributed by atoms with Crippen LogP contribution in [0.25, 0.3) is 11.0 Å². The van der Waals surface area contributed by atoms with Crippen LogP contribution in [0.2, 0.25) is 0 Å². The number of amides is 2. The number of benzene rings is 1. The number of fused-ring (bicyclic) bond motifs is 1. The minimum absolute atomic E-state index is 0.0286. The number of nitrogens with zero attached hydrogens (tertiary/aromatic N) is 2. The molecular weight excluding hydrogens is 339 g/mol. The summed E-state index contributed by atoms with van der Waals surface area (Å²) >= 11 is 0. The van der Waals surface area contributed by atoms with Gasteiger partial charge in [0, 0.05) is 10.9 Å². The number of halogens is 1. The van der Waals surface area contributed by atoms with E-state index in [2.05, 4.69) is 20.6 Å². The van der Waals surface area contributed by atoms with Gasteiger partial charge in [0.25, 0.3) is 0 Å². The van der Waals surface area contributed by atoms with E-state index in [9.17, 15) is 9.18 Å². The van der Waals surface area contributed by atoms with Gasteiger partial charge >= 0.3 is 12.0 Å². The largest absolute Gasteiger partial charge is 0.479 e. The zero-order valence-electron chi connectivity index (χ0n) is 14.6. The molecule has 0 radical (unpaired) electrons. The summed E-state index contributed by atoms with van der Waals surface area (Å²) in [4.78, 5) is 19.5. The maximum Gasteiger partial charge on any atom is 0.319 e. The van der Waals surface area contributed by atoms with Crippen molar-refractivity contribution >= 4 is 22.7 Å². The molecule has 3 N–H and O–H groups in total. The van der Waals surface area contributed by atoms with Gasteiger partial charge in [-0.15, -0.1) is 0 Å². The lowest BCUT2D eigenvalue weighted by atomic mass is 9.98. The minimum atomic E-state index is -0.468. The number of furan rings is 1. The van der Waals surface area contributed by atoms with E-state index in [1.807, 2.05) is 20.8 Å². The molecule has 0 aliphatic rings. The molecule has 0 bridgehead atoms. The lowest BCUT2D eigenvalue weighted by molar-refractivity contribution is 0.241. The number of hydrogen-bond donors (Lipinski definition) is 3. The molecule has 7 nitrogen and oxygen atoms in total. The van der Waals surface area contributed by atoms with Crippen molar-refractivity contribution < 1.29 is 18.7 Å². The normalized spacial score (nSPS) is 12.3. The average Bonchev–Trinajstić information content (AvgIpc) is 2.91. The molecule has 0 spiro atoms. The van der Waals surface area contributed by atoms with Gasteiger partial charge in [0.1, 0.15) is 17.2 Å². The lowest BCUT2D eigenvalue weighted by Crippen LogP contribution is -2.35. The van der Waals surface area contributed by atoms with Gasteiger partial charge in [-0.05, 0) is 31.0 Å². The Morgan fingerprint density at radius 2 is 1.96 bits per heavy atom. The summed E-state index contributed by atoms with van der Waals surface area (Å²) in [6.45, 7) is 5.73. The molecule has 8 heteroatoms. The van der Waals surface area contributed by atoms with Crippen LogP contribution in [-0.4, -0.2) is 21.1 Å². The van der Waals surface area contributed by atoms with Crippen LogP contribution >= 0.6 is 0 Å². The number of nitrogens with one attached hydrogen (secondary N) is 2. The third kappa shape index (κ3) is 3.58. The first-order valence-electron chi connectivity index (χ1n) is 8.12. The van der Waals surface area contributed by atoms with Crippen LogP contribution in [0.5, 0.6) is 6.01 Å². The number of urea groups is 1. The Hall–Kier alpha value is -3.16. The SMILES string of the molecule is Cc1c(C(NC(=O)Nc2cnc(O)nc2)C(C)C)oc2ccc(F)cc12. The predicted octanol–water partition coefficient (Wildman–Crippen LogP) is 3.89. The first-order valence-corrected chi connectivity index (χ1v) is 8.12. The second kappa shape index (κ2) is 6.99. The second-order valence-electron chi connectivity index (χ2n) is 6.32. The van der Waals surface area contributed by atoms with E-state index in [4.69, 9.17) is 9.52 Å². The maximum atomic E-state index is 13.5. The van der Waals surface area contributed by atoms with Gasteiger partial charge in [0.05, 0.1) is 24.1 Å². The average molecular weight is 358 g/mol. The summed E-state index contributed by atoms with van der Waals surface area (Å²) in [6.07, 6.45) is 2.59. The molecule has 1 aromatic carbocycles. The Balaban J connectivity index is 1.84. The number of aryl methyl sites for hydroxylation is 1. The van der Waals surface area contributed by atoms with Crippen molar-refractivity contribution in [3.8, 4) is 6.01 Å². The molecule has 0 aliphatic carbocycles. The van der Waals surface area contributed by atoms with Crippen LogP contribution in [0.15, 0.2) is 35.0 Å². The number of aromatic nitrogens is 2. The lowest BCUT2D eigenvalue weighted by Gasteiger charge is -2.21. The van der Waals surface area contributed by atoms with E-state index >= 15 is 0 Å². The Labute approximate surface area is 149 Å². The summed E-state index contributed by atoms with van der Waals surface area (Å²) in [5.74, 6) is 0.269. The number of aromatic hydroxyl groups is 1. The molecule has 26 heavy (non-hydrogen) atoms. The molecule has 0 aliphatic heterocycles. The van der Waals surface area contributed by atoms with Gasteiger partial charge in [-0.3, -0.25) is 0 Å². The fourth-order valence-corrected chi connectivity index (χ4v) is 2.74. The molecule has 0 fully saturated rings. The predicted molar refractivity (Wildman–Crippen MR) is 94.3 cm³/mol. The van der Waals surface area contributed by atoms with Crippen molar-refractivity contribution in [3.63, 3.8) is 0 Å². The van der Waals surface area contributed by atoms with Crippen molar-refractivity contribution in [1.29, 1.82) is 0 Å². The van der Waals surface area contributed by atoms with E-state index in [0.717, 1.165) is 5.56 Å². The molecule has 136 valence electrons. The molecule has 3 aromatic rings. The Morgan fingerprint density at radius 1 is 1.27 bits per heavy atom. The van der Waals surface area contributed by atoms with Gasteiger partial charge in [-0.25, -0.2) is 19.2 Å². The fourth-order valence-electron chi connectivity index (χ4n) is 2.74. The van der Waals surface area contributed by atoms with Gasteiger partial charge in [0.15, 0.2) is 0 Å². The van der Waals surface area contributed by atoms with Gasteiger partial charge in [-0.1, -0.05) is 13.8 Å². The molecule has 0 saturated heterocycles. The molecule has 1 atom stereocenters. The quantitative estimate of drug-likeness (QED) is 0.657. The van der Waals surface area contributed by atoms with Crippen molar-refractivity contribution in [2.75, 3.05) is 5.32 Å². The highest BCUT2D eigenvalue weighted by Crippen LogP contribution is 2.33. The monoisotopic (exact) mass is 358 g/mol. The number of carbonyl (C=O) groups excluding carboxylic acids is 1. The zero-order valence-corrected chi connectivity index (χ0v) is 14.6. The van der Waals surface area contributed by atoms with Crippen LogP contribution in [-0.2, 0) is 0 Å². The summed E-state index contributed by atoms with van der Waals surface area (Å²) < 4.78 is 19.4. The standard InChI is InChI=1S/C18H19FN4O3/c1-9(2)15(23-18(25)22-12-7-20-17(24)21-8-12)16-10(3)13-6-11(19)4-5-14(13)26-16/h4-9,15H,1-3H3,(H,20,21,24)(H2,22,23,25). The third-order valence-electron chi connectivity index (χ3n) is 4.07. The van der Waals surface area contributed by atoms with Crippen molar-refractivity contribution in [1.82, 2.24) is 15.3 Å². The molecule has 2 amide bonds. The highest BCUT2D eigenvalue weighted by molar-refractivity contribution is 5.89. The number of anilines is 1. The molecule has 3 rings (SSSR count). The highest BCUT2D eigenvalue weighted by atomic mass is 19.1. The zero-order chi connectivity index (χ0) is 18.8. The first kappa shape index (κ1) is 17.7. The summed E-state index contributed by atoms with van der Waals surface area (Å²) in [7, 11) is 0. The maximum absolute atomic E-state index is 13.5. The van der Waals surface area contributed by atoms with E-state index in [1.54, 1.807) is 6.07 Å². The van der Waals surface area contributed by atoms with Crippen LogP contribution < -0.4 is 10.6 Å². The van der Waals surface area contributed by atoms with E-state index in [1.165, 1.54) is 24.5 Å². The summed E-state index contributed by atoms with van der Waals surface area (Å²) in [5, 5.41) is 15.2.